The lowest BCUT2D eigenvalue weighted by atomic mass is 9.86. The summed E-state index contributed by atoms with van der Waals surface area (Å²) in [6.45, 7) is 2.10. The molecule has 0 fully saturated rings. The van der Waals surface area contributed by atoms with E-state index in [1.165, 1.54) is 24.9 Å². The number of H-pyrrole nitrogens is 1. The van der Waals surface area contributed by atoms with Gasteiger partial charge < -0.3 is 20.1 Å². The average molecular weight is 375 g/mol. The van der Waals surface area contributed by atoms with Gasteiger partial charge in [-0.05, 0) is 24.1 Å². The van der Waals surface area contributed by atoms with Gasteiger partial charge in [-0.15, -0.1) is 0 Å². The number of fused-ring (bicyclic) bond motifs is 1. The van der Waals surface area contributed by atoms with Crippen molar-refractivity contribution in [2.24, 2.45) is 0 Å². The van der Waals surface area contributed by atoms with Gasteiger partial charge in [0.1, 0.15) is 5.82 Å². The van der Waals surface area contributed by atoms with Crippen molar-refractivity contribution in [2.75, 3.05) is 18.2 Å². The standard InChI is InChI=1S/C18H21N3O4S/c1-3-4-7-26-18-20-16-15(17(24)21-18)11(9-14(23)19-16)10-5-6-13(25-2)12(22)8-10/h5-6,8,11,22H,3-4,7,9H2,1-2H3,(H2,19,20,21,23,24). The Hall–Kier alpha value is -2.48. The number of carbonyl (C=O) groups excluding carboxylic acids is 1. The lowest BCUT2D eigenvalue weighted by Gasteiger charge is -2.24. The molecule has 3 N–H and O–H groups in total. The van der Waals surface area contributed by atoms with Gasteiger partial charge >= 0.3 is 0 Å². The molecule has 0 bridgehead atoms. The monoisotopic (exact) mass is 375 g/mol. The maximum Gasteiger partial charge on any atom is 0.257 e. The highest BCUT2D eigenvalue weighted by Gasteiger charge is 2.31. The van der Waals surface area contributed by atoms with E-state index < -0.39 is 5.92 Å². The van der Waals surface area contributed by atoms with Crippen LogP contribution in [0.1, 0.15) is 43.2 Å². The molecule has 2 heterocycles. The van der Waals surface area contributed by atoms with E-state index in [9.17, 15) is 14.7 Å². The highest BCUT2D eigenvalue weighted by atomic mass is 32.2. The third-order valence-corrected chi connectivity index (χ3v) is 5.23. The molecule has 0 saturated heterocycles. The molecule has 138 valence electrons. The van der Waals surface area contributed by atoms with Gasteiger partial charge in [0, 0.05) is 18.1 Å². The molecular formula is C18H21N3O4S. The molecule has 0 saturated carbocycles. The van der Waals surface area contributed by atoms with Gasteiger partial charge in [-0.3, -0.25) is 9.59 Å². The summed E-state index contributed by atoms with van der Waals surface area (Å²) in [7, 11) is 1.46. The highest BCUT2D eigenvalue weighted by Crippen LogP contribution is 2.37. The van der Waals surface area contributed by atoms with Crippen molar-refractivity contribution >= 4 is 23.5 Å². The molecule has 7 nitrogen and oxygen atoms in total. The van der Waals surface area contributed by atoms with E-state index in [1.54, 1.807) is 12.1 Å². The van der Waals surface area contributed by atoms with E-state index in [1.807, 2.05) is 0 Å². The summed E-state index contributed by atoms with van der Waals surface area (Å²) in [4.78, 5) is 32.0. The van der Waals surface area contributed by atoms with Crippen LogP contribution in [0.4, 0.5) is 5.82 Å². The van der Waals surface area contributed by atoms with Crippen LogP contribution in [-0.4, -0.2) is 33.8 Å². The second-order valence-electron chi connectivity index (χ2n) is 6.07. The van der Waals surface area contributed by atoms with Crippen LogP contribution < -0.4 is 15.6 Å². The number of rotatable bonds is 6. The first-order chi connectivity index (χ1) is 12.5. The van der Waals surface area contributed by atoms with Crippen LogP contribution in [0.2, 0.25) is 0 Å². The molecule has 3 rings (SSSR count). The smallest absolute Gasteiger partial charge is 0.257 e. The number of methoxy groups -OCH3 is 1. The minimum Gasteiger partial charge on any atom is -0.504 e. The second kappa shape index (κ2) is 7.82. The van der Waals surface area contributed by atoms with Crippen molar-refractivity contribution in [1.82, 2.24) is 9.97 Å². The zero-order chi connectivity index (χ0) is 18.7. The van der Waals surface area contributed by atoms with Crippen molar-refractivity contribution in [3.63, 3.8) is 0 Å². The summed E-state index contributed by atoms with van der Waals surface area (Å²) in [5.74, 6) is 0.769. The van der Waals surface area contributed by atoms with Crippen LogP contribution in [0.5, 0.6) is 11.5 Å². The number of unbranched alkanes of at least 4 members (excludes halogenated alkanes) is 1. The van der Waals surface area contributed by atoms with E-state index in [0.29, 0.717) is 27.9 Å². The van der Waals surface area contributed by atoms with E-state index >= 15 is 0 Å². The van der Waals surface area contributed by atoms with Gasteiger partial charge in [0.25, 0.3) is 5.56 Å². The normalized spacial score (nSPS) is 16.1. The molecule has 0 radical (unpaired) electrons. The lowest BCUT2D eigenvalue weighted by Crippen LogP contribution is -2.31. The number of carbonyl (C=O) groups is 1. The molecule has 0 spiro atoms. The minimum atomic E-state index is -0.471. The first kappa shape index (κ1) is 18.3. The quantitative estimate of drug-likeness (QED) is 0.407. The fourth-order valence-corrected chi connectivity index (χ4v) is 3.89. The number of hydrogen-bond donors (Lipinski definition) is 3. The van der Waals surface area contributed by atoms with Crippen LogP contribution in [0.3, 0.4) is 0 Å². The number of anilines is 1. The molecule has 8 heteroatoms. The van der Waals surface area contributed by atoms with E-state index in [0.717, 1.165) is 18.6 Å². The number of nitrogens with zero attached hydrogens (tertiary/aromatic N) is 1. The van der Waals surface area contributed by atoms with E-state index in [-0.39, 0.29) is 23.6 Å². The van der Waals surface area contributed by atoms with Crippen molar-refractivity contribution < 1.29 is 14.6 Å². The Bertz CT molecular complexity index is 881. The van der Waals surface area contributed by atoms with Crippen LogP contribution in [-0.2, 0) is 4.79 Å². The zero-order valence-electron chi connectivity index (χ0n) is 14.7. The molecule has 1 atom stereocenters. The number of benzene rings is 1. The van der Waals surface area contributed by atoms with Crippen molar-refractivity contribution in [2.45, 2.75) is 37.3 Å². The summed E-state index contributed by atoms with van der Waals surface area (Å²) in [5, 5.41) is 13.2. The van der Waals surface area contributed by atoms with Crippen molar-refractivity contribution in [3.05, 3.63) is 39.7 Å². The summed E-state index contributed by atoms with van der Waals surface area (Å²) < 4.78 is 5.05. The van der Waals surface area contributed by atoms with E-state index in [4.69, 9.17) is 4.74 Å². The van der Waals surface area contributed by atoms with E-state index in [2.05, 4.69) is 22.2 Å². The molecule has 1 unspecified atom stereocenters. The summed E-state index contributed by atoms with van der Waals surface area (Å²) in [5.41, 5.74) is 0.807. The van der Waals surface area contributed by atoms with Gasteiger partial charge in [-0.2, -0.15) is 0 Å². The number of thioether (sulfide) groups is 1. The molecular weight excluding hydrogens is 354 g/mol. The number of amides is 1. The van der Waals surface area contributed by atoms with Crippen LogP contribution in [0.15, 0.2) is 28.2 Å². The summed E-state index contributed by atoms with van der Waals surface area (Å²) in [6.07, 6.45) is 2.19. The molecule has 1 aliphatic heterocycles. The molecule has 1 amide bonds. The van der Waals surface area contributed by atoms with Crippen LogP contribution in [0.25, 0.3) is 0 Å². The van der Waals surface area contributed by atoms with Crippen molar-refractivity contribution in [1.29, 1.82) is 0 Å². The topological polar surface area (TPSA) is 104 Å². The Morgan fingerprint density at radius 2 is 2.19 bits per heavy atom. The number of ether oxygens (including phenoxy) is 1. The molecule has 2 aromatic rings. The van der Waals surface area contributed by atoms with Gasteiger partial charge in [0.15, 0.2) is 16.7 Å². The molecule has 1 aromatic carbocycles. The maximum absolute atomic E-state index is 12.7. The fraction of sp³-hybridized carbons (Fsp3) is 0.389. The Labute approximate surface area is 155 Å². The third-order valence-electron chi connectivity index (χ3n) is 4.27. The van der Waals surface area contributed by atoms with Gasteiger partial charge in [0.2, 0.25) is 5.91 Å². The van der Waals surface area contributed by atoms with Crippen molar-refractivity contribution in [3.8, 4) is 11.5 Å². The number of aromatic hydroxyl groups is 1. The largest absolute Gasteiger partial charge is 0.504 e. The third kappa shape index (κ3) is 3.70. The lowest BCUT2D eigenvalue weighted by molar-refractivity contribution is -0.116. The van der Waals surface area contributed by atoms with Gasteiger partial charge in [0.05, 0.1) is 12.7 Å². The predicted molar refractivity (Wildman–Crippen MR) is 100 cm³/mol. The first-order valence-corrected chi connectivity index (χ1v) is 9.45. The summed E-state index contributed by atoms with van der Waals surface area (Å²) in [6, 6.07) is 4.89. The number of nitrogens with one attached hydrogen (secondary N) is 2. The predicted octanol–water partition coefficient (Wildman–Crippen LogP) is 2.85. The first-order valence-electron chi connectivity index (χ1n) is 8.47. The Balaban J connectivity index is 1.99. The number of phenols is 1. The SMILES string of the molecule is CCCCSc1nc2c(c(=O)[nH]1)C(c1ccc(OC)c(O)c1)CC(=O)N2. The molecule has 1 aromatic heterocycles. The van der Waals surface area contributed by atoms with Gasteiger partial charge in [-0.25, -0.2) is 4.98 Å². The zero-order valence-corrected chi connectivity index (χ0v) is 15.5. The van der Waals surface area contributed by atoms with Crippen LogP contribution in [0, 0.1) is 0 Å². The Morgan fingerprint density at radius 1 is 1.38 bits per heavy atom. The average Bonchev–Trinajstić information content (AvgIpc) is 2.60. The Morgan fingerprint density at radius 3 is 2.88 bits per heavy atom. The summed E-state index contributed by atoms with van der Waals surface area (Å²) >= 11 is 1.46. The number of hydrogen-bond acceptors (Lipinski definition) is 6. The molecule has 1 aliphatic rings. The maximum atomic E-state index is 12.7. The molecule has 0 aliphatic carbocycles. The van der Waals surface area contributed by atoms with Crippen LogP contribution >= 0.6 is 11.8 Å². The fourth-order valence-electron chi connectivity index (χ4n) is 2.94. The second-order valence-corrected chi connectivity index (χ2v) is 7.16. The Kier molecular flexibility index (Phi) is 5.51. The number of aromatic nitrogens is 2. The molecule has 26 heavy (non-hydrogen) atoms. The number of aromatic amines is 1. The number of phenolic OH excluding ortho intramolecular Hbond substituents is 1. The minimum absolute atomic E-state index is 0.0336. The highest BCUT2D eigenvalue weighted by molar-refractivity contribution is 7.99. The van der Waals surface area contributed by atoms with Gasteiger partial charge in [-0.1, -0.05) is 31.2 Å².